The normalized spacial score (nSPS) is 20.2. The summed E-state index contributed by atoms with van der Waals surface area (Å²) in [5.41, 5.74) is 3.68. The van der Waals surface area contributed by atoms with Crippen LogP contribution in [0, 0.1) is 5.82 Å². The molecule has 3 aliphatic rings. The highest BCUT2D eigenvalue weighted by Crippen LogP contribution is 2.28. The number of nitrogens with one attached hydrogen (secondary N) is 1. The lowest BCUT2D eigenvalue weighted by Crippen LogP contribution is -2.43. The molecule has 0 spiro atoms. The van der Waals surface area contributed by atoms with Gasteiger partial charge in [0.25, 0.3) is 0 Å². The molecule has 32 heavy (non-hydrogen) atoms. The van der Waals surface area contributed by atoms with Gasteiger partial charge in [-0.15, -0.1) is 0 Å². The Labute approximate surface area is 189 Å². The van der Waals surface area contributed by atoms with Gasteiger partial charge in [0.2, 0.25) is 0 Å². The molecular formula is C26H32FN3O2. The first-order valence-electron chi connectivity index (χ1n) is 12.0. The highest BCUT2D eigenvalue weighted by molar-refractivity contribution is 5.89. The number of amides is 2. The fourth-order valence-corrected chi connectivity index (χ4v) is 5.02. The number of fused-ring (bicyclic) bond motifs is 1. The zero-order chi connectivity index (χ0) is 21.9. The van der Waals surface area contributed by atoms with E-state index in [1.807, 2.05) is 11.0 Å². The summed E-state index contributed by atoms with van der Waals surface area (Å²) in [4.78, 5) is 17.3. The Kier molecular flexibility index (Phi) is 6.30. The van der Waals surface area contributed by atoms with Crippen molar-refractivity contribution in [1.29, 1.82) is 0 Å². The second-order valence-corrected chi connectivity index (χ2v) is 9.29. The second-order valence-electron chi connectivity index (χ2n) is 9.29. The van der Waals surface area contributed by atoms with Crippen molar-refractivity contribution in [2.24, 2.45) is 0 Å². The lowest BCUT2D eigenvalue weighted by atomic mass is 9.91. The molecule has 2 aromatic carbocycles. The van der Waals surface area contributed by atoms with Crippen molar-refractivity contribution in [3.8, 4) is 5.75 Å². The van der Waals surface area contributed by atoms with Gasteiger partial charge in [0, 0.05) is 50.7 Å². The van der Waals surface area contributed by atoms with E-state index in [0.29, 0.717) is 18.8 Å². The summed E-state index contributed by atoms with van der Waals surface area (Å²) in [5, 5.41) is 3.10. The average Bonchev–Trinajstić information content (AvgIpc) is 2.97. The molecule has 0 atom stereocenters. The van der Waals surface area contributed by atoms with Crippen LogP contribution in [0.5, 0.6) is 5.75 Å². The van der Waals surface area contributed by atoms with Crippen molar-refractivity contribution in [3.05, 3.63) is 59.4 Å². The average molecular weight is 438 g/mol. The van der Waals surface area contributed by atoms with Gasteiger partial charge in [-0.1, -0.05) is 12.5 Å². The van der Waals surface area contributed by atoms with Crippen LogP contribution in [0.4, 0.5) is 14.9 Å². The Hall–Kier alpha value is -2.60. The Morgan fingerprint density at radius 1 is 0.906 bits per heavy atom. The van der Waals surface area contributed by atoms with Gasteiger partial charge in [-0.05, 0) is 73.2 Å². The molecule has 2 aromatic rings. The molecular weight excluding hydrogens is 405 g/mol. The number of halogens is 1. The number of carbonyl (C=O) groups is 1. The van der Waals surface area contributed by atoms with E-state index in [-0.39, 0.29) is 18.0 Å². The molecule has 0 radical (unpaired) electrons. The smallest absolute Gasteiger partial charge is 0.321 e. The van der Waals surface area contributed by atoms with Gasteiger partial charge >= 0.3 is 6.03 Å². The van der Waals surface area contributed by atoms with Crippen LogP contribution in [-0.4, -0.2) is 54.2 Å². The number of anilines is 1. The van der Waals surface area contributed by atoms with Gasteiger partial charge in [-0.3, -0.25) is 4.90 Å². The largest absolute Gasteiger partial charge is 0.490 e. The van der Waals surface area contributed by atoms with E-state index in [4.69, 9.17) is 4.74 Å². The van der Waals surface area contributed by atoms with Crippen LogP contribution in [0.1, 0.15) is 43.2 Å². The summed E-state index contributed by atoms with van der Waals surface area (Å²) < 4.78 is 19.0. The number of urea groups is 1. The minimum atomic E-state index is -0.266. The van der Waals surface area contributed by atoms with Crippen molar-refractivity contribution in [2.45, 2.75) is 57.1 Å². The molecule has 2 fully saturated rings. The molecule has 5 rings (SSSR count). The van der Waals surface area contributed by atoms with Crippen molar-refractivity contribution in [1.82, 2.24) is 9.80 Å². The van der Waals surface area contributed by atoms with Crippen molar-refractivity contribution < 1.29 is 13.9 Å². The third-order valence-corrected chi connectivity index (χ3v) is 7.23. The van der Waals surface area contributed by atoms with Crippen LogP contribution < -0.4 is 10.1 Å². The lowest BCUT2D eigenvalue weighted by molar-refractivity contribution is 0.115. The fourth-order valence-electron chi connectivity index (χ4n) is 5.02. The summed E-state index contributed by atoms with van der Waals surface area (Å²) in [5.74, 6) is 0.410. The minimum absolute atomic E-state index is 0.0464. The Balaban J connectivity index is 1.12. The van der Waals surface area contributed by atoms with Crippen LogP contribution >= 0.6 is 0 Å². The van der Waals surface area contributed by atoms with E-state index in [0.717, 1.165) is 50.5 Å². The quantitative estimate of drug-likeness (QED) is 0.743. The number of rotatable bonds is 4. The molecule has 0 unspecified atom stereocenters. The third-order valence-electron chi connectivity index (χ3n) is 7.23. The Morgan fingerprint density at radius 3 is 2.31 bits per heavy atom. The molecule has 170 valence electrons. The topological polar surface area (TPSA) is 44.8 Å². The Bertz CT molecular complexity index is 937. The maximum Gasteiger partial charge on any atom is 0.321 e. The highest BCUT2D eigenvalue weighted by Gasteiger charge is 2.27. The summed E-state index contributed by atoms with van der Waals surface area (Å²) in [6.45, 7) is 3.58. The van der Waals surface area contributed by atoms with Crippen molar-refractivity contribution in [3.63, 3.8) is 0 Å². The predicted molar refractivity (Wildman–Crippen MR) is 124 cm³/mol. The number of piperidine rings is 1. The molecule has 2 heterocycles. The van der Waals surface area contributed by atoms with Gasteiger partial charge < -0.3 is 15.0 Å². The first-order chi connectivity index (χ1) is 15.6. The van der Waals surface area contributed by atoms with Gasteiger partial charge in [-0.2, -0.15) is 0 Å². The number of hydrogen-bond acceptors (Lipinski definition) is 3. The third kappa shape index (κ3) is 4.90. The van der Waals surface area contributed by atoms with Crippen LogP contribution in [-0.2, 0) is 12.8 Å². The molecule has 1 aliphatic carbocycles. The zero-order valence-electron chi connectivity index (χ0n) is 18.6. The molecule has 6 heteroatoms. The standard InChI is InChI=1S/C26H32FN3O2/c27-21-5-8-24(9-6-21)32-25-12-16-30(17-13-25)26(31)28-22-7-4-19-10-14-29(23-2-1-3-23)15-11-20(19)18-22/h4-9,18,23,25H,1-3,10-17H2,(H,28,31). The molecule has 1 N–H and O–H groups in total. The second kappa shape index (κ2) is 9.49. The zero-order valence-corrected chi connectivity index (χ0v) is 18.6. The number of ether oxygens (including phenoxy) is 1. The number of carbonyl (C=O) groups excluding carboxylic acids is 1. The molecule has 1 saturated carbocycles. The molecule has 1 saturated heterocycles. The first-order valence-corrected chi connectivity index (χ1v) is 12.0. The van der Waals surface area contributed by atoms with E-state index in [1.165, 1.54) is 42.5 Å². The maximum atomic E-state index is 13.1. The summed E-state index contributed by atoms with van der Waals surface area (Å²) >= 11 is 0. The highest BCUT2D eigenvalue weighted by atomic mass is 19.1. The van der Waals surface area contributed by atoms with Crippen LogP contribution in [0.2, 0.25) is 0 Å². The van der Waals surface area contributed by atoms with Gasteiger partial charge in [0.15, 0.2) is 0 Å². The summed E-state index contributed by atoms with van der Waals surface area (Å²) in [6, 6.07) is 13.3. The molecule has 0 aromatic heterocycles. The predicted octanol–water partition coefficient (Wildman–Crippen LogP) is 4.85. The van der Waals surface area contributed by atoms with Crippen molar-refractivity contribution in [2.75, 3.05) is 31.5 Å². The lowest BCUT2D eigenvalue weighted by Gasteiger charge is -2.36. The number of hydrogen-bond donors (Lipinski definition) is 1. The van der Waals surface area contributed by atoms with E-state index in [9.17, 15) is 9.18 Å². The number of benzene rings is 2. The molecule has 5 nitrogen and oxygen atoms in total. The van der Waals surface area contributed by atoms with E-state index in [1.54, 1.807) is 12.1 Å². The summed E-state index contributed by atoms with van der Waals surface area (Å²) in [6.07, 6.45) is 7.82. The summed E-state index contributed by atoms with van der Waals surface area (Å²) in [7, 11) is 0. The molecule has 2 aliphatic heterocycles. The molecule has 0 bridgehead atoms. The monoisotopic (exact) mass is 437 g/mol. The number of likely N-dealkylation sites (tertiary alicyclic amines) is 1. The number of nitrogens with zero attached hydrogens (tertiary/aromatic N) is 2. The van der Waals surface area contributed by atoms with Gasteiger partial charge in [0.1, 0.15) is 17.7 Å². The van der Waals surface area contributed by atoms with E-state index in [2.05, 4.69) is 22.3 Å². The van der Waals surface area contributed by atoms with E-state index < -0.39 is 0 Å². The van der Waals surface area contributed by atoms with Crippen LogP contribution in [0.3, 0.4) is 0 Å². The first kappa shape index (κ1) is 21.3. The SMILES string of the molecule is O=C(Nc1ccc2c(c1)CCN(C1CCC1)CC2)N1CCC(Oc2ccc(F)cc2)CC1. The fraction of sp³-hybridized carbons (Fsp3) is 0.500. The van der Waals surface area contributed by atoms with Gasteiger partial charge in [-0.25, -0.2) is 9.18 Å². The van der Waals surface area contributed by atoms with Crippen molar-refractivity contribution >= 4 is 11.7 Å². The Morgan fingerprint density at radius 2 is 1.62 bits per heavy atom. The maximum absolute atomic E-state index is 13.1. The molecule has 2 amide bonds. The van der Waals surface area contributed by atoms with Crippen LogP contribution in [0.15, 0.2) is 42.5 Å². The van der Waals surface area contributed by atoms with Gasteiger partial charge in [0.05, 0.1) is 0 Å². The van der Waals surface area contributed by atoms with Crippen LogP contribution in [0.25, 0.3) is 0 Å². The minimum Gasteiger partial charge on any atom is -0.490 e. The van der Waals surface area contributed by atoms with E-state index >= 15 is 0 Å².